The second-order valence-electron chi connectivity index (χ2n) is 5.66. The van der Waals surface area contributed by atoms with Gasteiger partial charge in [-0.2, -0.15) is 5.10 Å². The molecule has 0 saturated carbocycles. The van der Waals surface area contributed by atoms with Crippen LogP contribution in [0.15, 0.2) is 60.9 Å². The first-order chi connectivity index (χ1) is 10.8. The summed E-state index contributed by atoms with van der Waals surface area (Å²) < 4.78 is 1.86. The smallest absolute Gasteiger partial charge is 0.163 e. The van der Waals surface area contributed by atoms with E-state index in [4.69, 9.17) is 0 Å². The Bertz CT molecular complexity index is 834. The van der Waals surface area contributed by atoms with Crippen molar-refractivity contribution in [2.75, 3.05) is 0 Å². The number of para-hydroxylation sites is 1. The number of nitrogens with zero attached hydrogens (tertiary/aromatic N) is 2. The molecule has 108 valence electrons. The van der Waals surface area contributed by atoms with Crippen molar-refractivity contribution < 1.29 is 4.79 Å². The lowest BCUT2D eigenvalue weighted by molar-refractivity contribution is 0.0972. The minimum Gasteiger partial charge on any atom is -0.294 e. The number of carbonyl (C=O) groups is 1. The summed E-state index contributed by atoms with van der Waals surface area (Å²) in [5.74, 6) is 0.263. The number of hydrogen-bond donors (Lipinski definition) is 0. The number of hydrogen-bond acceptors (Lipinski definition) is 2. The van der Waals surface area contributed by atoms with Gasteiger partial charge in [-0.1, -0.05) is 30.3 Å². The Morgan fingerprint density at radius 1 is 0.955 bits per heavy atom. The third-order valence-electron chi connectivity index (χ3n) is 4.20. The Kier molecular flexibility index (Phi) is 3.11. The van der Waals surface area contributed by atoms with Gasteiger partial charge in [-0.05, 0) is 42.2 Å². The first kappa shape index (κ1) is 13.0. The molecule has 0 aliphatic heterocycles. The Morgan fingerprint density at radius 3 is 2.68 bits per heavy atom. The van der Waals surface area contributed by atoms with Crippen LogP contribution < -0.4 is 0 Å². The Morgan fingerprint density at radius 2 is 1.82 bits per heavy atom. The molecule has 3 nitrogen and oxygen atoms in total. The second kappa shape index (κ2) is 5.26. The van der Waals surface area contributed by atoms with Crippen molar-refractivity contribution in [1.82, 2.24) is 9.78 Å². The molecule has 0 unspecified atom stereocenters. The molecule has 0 fully saturated rings. The highest BCUT2D eigenvalue weighted by Crippen LogP contribution is 2.27. The molecule has 3 heteroatoms. The van der Waals surface area contributed by atoms with Crippen LogP contribution >= 0.6 is 0 Å². The molecule has 0 atom stereocenters. The summed E-state index contributed by atoms with van der Waals surface area (Å²) in [4.78, 5) is 12.1. The minimum atomic E-state index is 0.263. The number of aromatic nitrogens is 2. The van der Waals surface area contributed by atoms with E-state index in [0.717, 1.165) is 35.2 Å². The molecule has 22 heavy (non-hydrogen) atoms. The van der Waals surface area contributed by atoms with Crippen molar-refractivity contribution in [3.05, 3.63) is 72.1 Å². The average Bonchev–Trinajstić information content (AvgIpc) is 3.06. The van der Waals surface area contributed by atoms with E-state index < -0.39 is 0 Å². The molecular weight excluding hydrogens is 272 g/mol. The highest BCUT2D eigenvalue weighted by molar-refractivity contribution is 5.99. The molecule has 0 amide bonds. The largest absolute Gasteiger partial charge is 0.294 e. The van der Waals surface area contributed by atoms with E-state index in [1.807, 2.05) is 53.5 Å². The zero-order chi connectivity index (χ0) is 14.9. The maximum atomic E-state index is 12.1. The van der Waals surface area contributed by atoms with Gasteiger partial charge in [-0.3, -0.25) is 4.79 Å². The van der Waals surface area contributed by atoms with E-state index in [0.29, 0.717) is 6.42 Å². The van der Waals surface area contributed by atoms with E-state index in [1.165, 1.54) is 5.56 Å². The first-order valence-electron chi connectivity index (χ1n) is 7.58. The third kappa shape index (κ3) is 2.25. The summed E-state index contributed by atoms with van der Waals surface area (Å²) in [5.41, 5.74) is 5.18. The van der Waals surface area contributed by atoms with Crippen molar-refractivity contribution in [2.24, 2.45) is 0 Å². The normalized spacial score (nSPS) is 13.9. The topological polar surface area (TPSA) is 34.9 Å². The lowest BCUT2D eigenvalue weighted by atomic mass is 9.88. The van der Waals surface area contributed by atoms with Gasteiger partial charge < -0.3 is 0 Å². The fourth-order valence-corrected chi connectivity index (χ4v) is 3.00. The molecule has 0 bridgehead atoms. The number of carbonyl (C=O) groups excluding carboxylic acids is 1. The summed E-state index contributed by atoms with van der Waals surface area (Å²) in [6, 6.07) is 16.2. The van der Waals surface area contributed by atoms with Crippen LogP contribution in [0.5, 0.6) is 0 Å². The molecule has 0 spiro atoms. The van der Waals surface area contributed by atoms with Crippen molar-refractivity contribution in [2.45, 2.75) is 19.3 Å². The van der Waals surface area contributed by atoms with Crippen LogP contribution in [0.3, 0.4) is 0 Å². The zero-order valence-corrected chi connectivity index (χ0v) is 12.2. The molecule has 0 saturated heterocycles. The number of fused-ring (bicyclic) bond motifs is 1. The van der Waals surface area contributed by atoms with Gasteiger partial charge >= 0.3 is 0 Å². The fraction of sp³-hybridized carbons (Fsp3) is 0.158. The molecule has 1 aliphatic carbocycles. The maximum Gasteiger partial charge on any atom is 0.163 e. The van der Waals surface area contributed by atoms with Gasteiger partial charge in [0.1, 0.15) is 0 Å². The van der Waals surface area contributed by atoms with Crippen molar-refractivity contribution in [1.29, 1.82) is 0 Å². The molecular formula is C19H16N2O. The van der Waals surface area contributed by atoms with Crippen molar-refractivity contribution in [3.8, 4) is 16.8 Å². The van der Waals surface area contributed by atoms with E-state index >= 15 is 0 Å². The number of aryl methyl sites for hydroxylation is 1. The van der Waals surface area contributed by atoms with Gasteiger partial charge in [-0.15, -0.1) is 0 Å². The fourth-order valence-electron chi connectivity index (χ4n) is 3.00. The summed E-state index contributed by atoms with van der Waals surface area (Å²) >= 11 is 0. The number of rotatable bonds is 2. The van der Waals surface area contributed by atoms with Gasteiger partial charge in [-0.25, -0.2) is 4.68 Å². The van der Waals surface area contributed by atoms with E-state index in [1.54, 1.807) is 0 Å². The van der Waals surface area contributed by atoms with Crippen LogP contribution in [0.25, 0.3) is 16.8 Å². The highest BCUT2D eigenvalue weighted by Gasteiger charge is 2.17. The van der Waals surface area contributed by atoms with Crippen molar-refractivity contribution >= 4 is 5.78 Å². The molecule has 2 aromatic carbocycles. The van der Waals surface area contributed by atoms with Crippen LogP contribution in [-0.4, -0.2) is 15.6 Å². The van der Waals surface area contributed by atoms with Gasteiger partial charge in [0.05, 0.1) is 11.9 Å². The summed E-state index contributed by atoms with van der Waals surface area (Å²) in [6.07, 6.45) is 6.49. The standard InChI is InChI=1S/C19H16N2O/c22-19-8-4-5-14-9-10-15(11-18(14)19)16-12-20-21(13-16)17-6-2-1-3-7-17/h1-3,6-7,9-13H,4-5,8H2. The van der Waals surface area contributed by atoms with Gasteiger partial charge in [0.25, 0.3) is 0 Å². The highest BCUT2D eigenvalue weighted by atomic mass is 16.1. The zero-order valence-electron chi connectivity index (χ0n) is 12.2. The Balaban J connectivity index is 1.73. The van der Waals surface area contributed by atoms with Gasteiger partial charge in [0.15, 0.2) is 5.78 Å². The SMILES string of the molecule is O=C1CCCc2ccc(-c3cnn(-c4ccccc4)c3)cc21. The second-order valence-corrected chi connectivity index (χ2v) is 5.66. The Hall–Kier alpha value is -2.68. The maximum absolute atomic E-state index is 12.1. The quantitative estimate of drug-likeness (QED) is 0.712. The lowest BCUT2D eigenvalue weighted by Gasteiger charge is -2.15. The van der Waals surface area contributed by atoms with Crippen LogP contribution in [0.2, 0.25) is 0 Å². The predicted molar refractivity (Wildman–Crippen MR) is 86.3 cm³/mol. The summed E-state index contributed by atoms with van der Waals surface area (Å²) in [5, 5.41) is 4.43. The Labute approximate surface area is 129 Å². The molecule has 1 heterocycles. The van der Waals surface area contributed by atoms with Crippen LogP contribution in [0, 0.1) is 0 Å². The predicted octanol–water partition coefficient (Wildman–Crippen LogP) is 4.06. The van der Waals surface area contributed by atoms with E-state index in [9.17, 15) is 4.79 Å². The monoisotopic (exact) mass is 288 g/mol. The summed E-state index contributed by atoms with van der Waals surface area (Å²) in [6.45, 7) is 0. The van der Waals surface area contributed by atoms with Gasteiger partial charge in [0.2, 0.25) is 0 Å². The molecule has 1 aromatic heterocycles. The van der Waals surface area contributed by atoms with Crippen LogP contribution in [-0.2, 0) is 6.42 Å². The molecule has 1 aliphatic rings. The van der Waals surface area contributed by atoms with Crippen molar-refractivity contribution in [3.63, 3.8) is 0 Å². The number of Topliss-reactive ketones (excluding diaryl/α,β-unsaturated/α-hetero) is 1. The molecule has 0 radical (unpaired) electrons. The van der Waals surface area contributed by atoms with E-state index in [-0.39, 0.29) is 5.78 Å². The van der Waals surface area contributed by atoms with E-state index in [2.05, 4.69) is 17.2 Å². The lowest BCUT2D eigenvalue weighted by Crippen LogP contribution is -2.10. The average molecular weight is 288 g/mol. The number of ketones is 1. The van der Waals surface area contributed by atoms with Gasteiger partial charge in [0, 0.05) is 23.7 Å². The van der Waals surface area contributed by atoms with Crippen LogP contribution in [0.4, 0.5) is 0 Å². The molecule has 3 aromatic rings. The third-order valence-corrected chi connectivity index (χ3v) is 4.20. The molecule has 4 rings (SSSR count). The first-order valence-corrected chi connectivity index (χ1v) is 7.58. The number of benzene rings is 2. The summed E-state index contributed by atoms with van der Waals surface area (Å²) in [7, 11) is 0. The van der Waals surface area contributed by atoms with Crippen LogP contribution in [0.1, 0.15) is 28.8 Å². The molecule has 0 N–H and O–H groups in total. The minimum absolute atomic E-state index is 0.263.